The van der Waals surface area contributed by atoms with Gasteiger partial charge in [0.1, 0.15) is 0 Å². The van der Waals surface area contributed by atoms with Gasteiger partial charge in [0.05, 0.1) is 19.5 Å². The van der Waals surface area contributed by atoms with E-state index in [0.717, 1.165) is 43.5 Å². The zero-order valence-electron chi connectivity index (χ0n) is 18.9. The molecule has 4 rings (SSSR count). The molecule has 1 aromatic carbocycles. The molecule has 0 bridgehead atoms. The van der Waals surface area contributed by atoms with Crippen LogP contribution in [0.3, 0.4) is 0 Å². The molecular formula is C25H31N5O3. The van der Waals surface area contributed by atoms with Crippen molar-refractivity contribution < 1.29 is 14.3 Å². The third-order valence-electron chi connectivity index (χ3n) is 5.54. The third kappa shape index (κ3) is 7.05. The summed E-state index contributed by atoms with van der Waals surface area (Å²) >= 11 is 0. The first-order valence-electron chi connectivity index (χ1n) is 11.6. The van der Waals surface area contributed by atoms with Crippen molar-refractivity contribution in [2.45, 2.75) is 38.8 Å². The van der Waals surface area contributed by atoms with Crippen molar-refractivity contribution in [3.8, 4) is 17.4 Å². The molecule has 174 valence electrons. The molecule has 0 radical (unpaired) electrons. The van der Waals surface area contributed by atoms with E-state index >= 15 is 0 Å². The quantitative estimate of drug-likeness (QED) is 0.641. The number of hydrogen-bond acceptors (Lipinski definition) is 6. The molecule has 2 aromatic heterocycles. The zero-order valence-corrected chi connectivity index (χ0v) is 18.9. The summed E-state index contributed by atoms with van der Waals surface area (Å²) in [5.74, 6) is 1.93. The van der Waals surface area contributed by atoms with Crippen molar-refractivity contribution >= 4 is 5.91 Å². The van der Waals surface area contributed by atoms with Crippen LogP contribution < -0.4 is 14.8 Å². The Balaban J connectivity index is 1.44. The van der Waals surface area contributed by atoms with Crippen molar-refractivity contribution in [3.63, 3.8) is 0 Å². The van der Waals surface area contributed by atoms with Gasteiger partial charge in [-0.1, -0.05) is 31.0 Å². The largest absolute Gasteiger partial charge is 0.490 e. The Kier molecular flexibility index (Phi) is 8.30. The summed E-state index contributed by atoms with van der Waals surface area (Å²) in [6.07, 6.45) is 11.3. The fourth-order valence-corrected chi connectivity index (χ4v) is 3.82. The number of benzene rings is 1. The first-order chi connectivity index (χ1) is 16.3. The average Bonchev–Trinajstić information content (AvgIpc) is 3.34. The molecule has 0 fully saturated rings. The number of pyridine rings is 1. The Morgan fingerprint density at radius 3 is 2.79 bits per heavy atom. The van der Waals surface area contributed by atoms with Crippen molar-refractivity contribution in [2.75, 3.05) is 26.2 Å². The molecule has 1 aliphatic heterocycles. The van der Waals surface area contributed by atoms with Gasteiger partial charge in [-0.05, 0) is 37.6 Å². The molecule has 1 N–H and O–H groups in total. The number of amides is 1. The summed E-state index contributed by atoms with van der Waals surface area (Å²) < 4.78 is 14.1. The lowest BCUT2D eigenvalue weighted by Crippen LogP contribution is -2.38. The van der Waals surface area contributed by atoms with Gasteiger partial charge in [0.15, 0.2) is 11.5 Å². The van der Waals surface area contributed by atoms with Crippen LogP contribution in [0.5, 0.6) is 17.4 Å². The highest BCUT2D eigenvalue weighted by atomic mass is 16.5. The van der Waals surface area contributed by atoms with Gasteiger partial charge in [-0.3, -0.25) is 9.69 Å². The van der Waals surface area contributed by atoms with Gasteiger partial charge in [-0.15, -0.1) is 0 Å². The smallest absolute Gasteiger partial charge is 0.234 e. The zero-order chi connectivity index (χ0) is 22.7. The topological polar surface area (TPSA) is 81.5 Å². The molecule has 1 aliphatic rings. The van der Waals surface area contributed by atoms with Crippen molar-refractivity contribution in [1.29, 1.82) is 0 Å². The van der Waals surface area contributed by atoms with Crippen LogP contribution in [0.15, 0.2) is 61.3 Å². The number of aromatic nitrogens is 3. The number of nitrogens with zero attached hydrogens (tertiary/aromatic N) is 4. The average molecular weight is 450 g/mol. The maximum atomic E-state index is 12.6. The van der Waals surface area contributed by atoms with Crippen LogP contribution in [0.2, 0.25) is 0 Å². The van der Waals surface area contributed by atoms with E-state index in [9.17, 15) is 4.79 Å². The molecule has 33 heavy (non-hydrogen) atoms. The molecule has 3 aromatic rings. The fraction of sp³-hybridized carbons (Fsp3) is 0.400. The van der Waals surface area contributed by atoms with Gasteiger partial charge < -0.3 is 19.4 Å². The lowest BCUT2D eigenvalue weighted by atomic mass is 10.1. The minimum atomic E-state index is 0.0151. The van der Waals surface area contributed by atoms with Crippen molar-refractivity contribution in [2.24, 2.45) is 0 Å². The van der Waals surface area contributed by atoms with Crippen molar-refractivity contribution in [3.05, 3.63) is 66.9 Å². The lowest BCUT2D eigenvalue weighted by molar-refractivity contribution is -0.122. The predicted molar refractivity (Wildman–Crippen MR) is 125 cm³/mol. The Morgan fingerprint density at radius 1 is 1.03 bits per heavy atom. The Bertz CT molecular complexity index is 1010. The van der Waals surface area contributed by atoms with Crippen LogP contribution in [0.1, 0.15) is 31.2 Å². The van der Waals surface area contributed by atoms with Gasteiger partial charge in [-0.25, -0.2) is 9.97 Å². The number of fused-ring (bicyclic) bond motifs is 2. The van der Waals surface area contributed by atoms with E-state index in [2.05, 4.69) is 20.2 Å². The number of para-hydroxylation sites is 2. The van der Waals surface area contributed by atoms with Crippen LogP contribution in [0, 0.1) is 0 Å². The van der Waals surface area contributed by atoms with Gasteiger partial charge >= 0.3 is 0 Å². The van der Waals surface area contributed by atoms with E-state index in [-0.39, 0.29) is 5.91 Å². The van der Waals surface area contributed by atoms with E-state index < -0.39 is 0 Å². The minimum Gasteiger partial charge on any atom is -0.490 e. The maximum absolute atomic E-state index is 12.6. The molecule has 3 heterocycles. The highest BCUT2D eigenvalue weighted by Gasteiger charge is 2.16. The van der Waals surface area contributed by atoms with Gasteiger partial charge in [0.25, 0.3) is 0 Å². The SMILES string of the molecule is O=C(CN1CCCCCCOc2ccccc2Oc2ncccc2C1)NCCn1ccnc1. The number of ether oxygens (including phenoxy) is 2. The Hall–Kier alpha value is -3.39. The first kappa shape index (κ1) is 22.8. The van der Waals surface area contributed by atoms with Crippen LogP contribution >= 0.6 is 0 Å². The second-order valence-corrected chi connectivity index (χ2v) is 8.14. The van der Waals surface area contributed by atoms with Gasteiger partial charge in [0, 0.05) is 43.8 Å². The highest BCUT2D eigenvalue weighted by molar-refractivity contribution is 5.78. The summed E-state index contributed by atoms with van der Waals surface area (Å²) in [4.78, 5) is 23.3. The van der Waals surface area contributed by atoms with E-state index in [1.807, 2.05) is 47.2 Å². The normalized spacial score (nSPS) is 15.3. The Labute approximate surface area is 194 Å². The lowest BCUT2D eigenvalue weighted by Gasteiger charge is -2.23. The molecule has 0 saturated carbocycles. The number of carbonyl (C=O) groups is 1. The summed E-state index contributed by atoms with van der Waals surface area (Å²) in [6.45, 7) is 3.67. The minimum absolute atomic E-state index is 0.0151. The number of hydrogen-bond donors (Lipinski definition) is 1. The monoisotopic (exact) mass is 449 g/mol. The van der Waals surface area contributed by atoms with Crippen LogP contribution in [0.4, 0.5) is 0 Å². The molecule has 0 spiro atoms. The fourth-order valence-electron chi connectivity index (χ4n) is 3.82. The molecule has 0 unspecified atom stereocenters. The number of rotatable bonds is 5. The second-order valence-electron chi connectivity index (χ2n) is 8.14. The summed E-state index contributed by atoms with van der Waals surface area (Å²) in [6, 6.07) is 11.6. The third-order valence-corrected chi connectivity index (χ3v) is 5.54. The highest BCUT2D eigenvalue weighted by Crippen LogP contribution is 2.32. The molecule has 0 atom stereocenters. The molecular weight excluding hydrogens is 418 g/mol. The summed E-state index contributed by atoms with van der Waals surface area (Å²) in [5.41, 5.74) is 0.940. The summed E-state index contributed by atoms with van der Waals surface area (Å²) in [7, 11) is 0. The molecule has 8 heteroatoms. The Morgan fingerprint density at radius 2 is 1.91 bits per heavy atom. The van der Waals surface area contributed by atoms with Gasteiger partial charge in [0.2, 0.25) is 11.8 Å². The van der Waals surface area contributed by atoms with E-state index in [0.29, 0.717) is 44.4 Å². The van der Waals surface area contributed by atoms with E-state index in [1.54, 1.807) is 18.7 Å². The molecule has 0 saturated heterocycles. The summed E-state index contributed by atoms with van der Waals surface area (Å²) in [5, 5.41) is 3.02. The van der Waals surface area contributed by atoms with E-state index in [4.69, 9.17) is 9.47 Å². The predicted octanol–water partition coefficient (Wildman–Crippen LogP) is 3.64. The second kappa shape index (κ2) is 12.0. The van der Waals surface area contributed by atoms with E-state index in [1.165, 1.54) is 0 Å². The molecule has 8 nitrogen and oxygen atoms in total. The van der Waals surface area contributed by atoms with Crippen LogP contribution in [0.25, 0.3) is 0 Å². The van der Waals surface area contributed by atoms with Crippen LogP contribution in [-0.4, -0.2) is 51.6 Å². The standard InChI is InChI=1S/C25H31N5O3/c31-24(27-13-16-29-15-12-26-20-29)19-30-14-5-1-2-6-17-32-22-9-3-4-10-23(22)33-25-21(18-30)8-7-11-28-25/h3-4,7-12,15,20H,1-2,5-6,13-14,16-19H2,(H,27,31). The molecule has 1 amide bonds. The number of nitrogens with one attached hydrogen (secondary N) is 1. The molecule has 0 aliphatic carbocycles. The van der Waals surface area contributed by atoms with Crippen molar-refractivity contribution in [1.82, 2.24) is 24.8 Å². The van der Waals surface area contributed by atoms with Crippen LogP contribution in [-0.2, 0) is 17.9 Å². The number of carbonyl (C=O) groups excluding carboxylic acids is 1. The maximum Gasteiger partial charge on any atom is 0.234 e. The first-order valence-corrected chi connectivity index (χ1v) is 11.6. The number of imidazole rings is 1. The van der Waals surface area contributed by atoms with Gasteiger partial charge in [-0.2, -0.15) is 0 Å².